The fourth-order valence-electron chi connectivity index (χ4n) is 7.66. The molecule has 288 valence electrons. The molecule has 55 heavy (non-hydrogen) atoms. The van der Waals surface area contributed by atoms with E-state index in [1.54, 1.807) is 18.2 Å². The molecular weight excluding hydrogens is 691 g/mol. The minimum atomic E-state index is -0.366. The van der Waals surface area contributed by atoms with Gasteiger partial charge in [0.05, 0.1) is 17.3 Å². The summed E-state index contributed by atoms with van der Waals surface area (Å²) in [5.41, 5.74) is 9.71. The van der Waals surface area contributed by atoms with Gasteiger partial charge in [-0.2, -0.15) is 5.10 Å². The fraction of sp³-hybridized carbons (Fsp3) is 0.419. The quantitative estimate of drug-likeness (QED) is 0.121. The van der Waals surface area contributed by atoms with Crippen LogP contribution in [0.2, 0.25) is 0 Å². The van der Waals surface area contributed by atoms with Gasteiger partial charge in [0.2, 0.25) is 0 Å². The number of aromatic nitrogens is 4. The third-order valence-corrected chi connectivity index (χ3v) is 10.7. The van der Waals surface area contributed by atoms with Crippen LogP contribution in [-0.2, 0) is 37.3 Å². The first kappa shape index (κ1) is 38.1. The zero-order chi connectivity index (χ0) is 38.3. The SMILES string of the molecule is CCc1nc2c(cnn2CC)c(NC2CCOCC2)c1CNC(=O)c1cccc(C(=O)NCc2ccc(C)c(-c3cccc(CN4CCN[C@H](C)C4)c3)c2)n1. The summed E-state index contributed by atoms with van der Waals surface area (Å²) in [5, 5.41) is 18.9. The summed E-state index contributed by atoms with van der Waals surface area (Å²) in [6, 6.07) is 20.7. The first-order valence-corrected chi connectivity index (χ1v) is 19.7. The van der Waals surface area contributed by atoms with Crippen molar-refractivity contribution < 1.29 is 14.3 Å². The fourth-order valence-corrected chi connectivity index (χ4v) is 7.66. The molecular formula is C43H53N9O3. The normalized spacial score (nSPS) is 16.6. The number of piperazine rings is 1. The number of hydrogen-bond acceptors (Lipinski definition) is 9. The number of amides is 2. The van der Waals surface area contributed by atoms with Crippen molar-refractivity contribution in [2.24, 2.45) is 0 Å². The maximum Gasteiger partial charge on any atom is 0.270 e. The van der Waals surface area contributed by atoms with Gasteiger partial charge in [-0.3, -0.25) is 14.5 Å². The molecule has 0 unspecified atom stereocenters. The molecule has 7 rings (SSSR count). The van der Waals surface area contributed by atoms with Crippen molar-refractivity contribution in [3.8, 4) is 11.1 Å². The highest BCUT2D eigenvalue weighted by Crippen LogP contribution is 2.31. The monoisotopic (exact) mass is 743 g/mol. The van der Waals surface area contributed by atoms with Crippen LogP contribution in [0.1, 0.15) is 82.5 Å². The molecule has 2 aliphatic rings. The summed E-state index contributed by atoms with van der Waals surface area (Å²) in [4.78, 5) is 38.9. The molecule has 2 amide bonds. The van der Waals surface area contributed by atoms with E-state index in [1.807, 2.05) is 16.9 Å². The smallest absolute Gasteiger partial charge is 0.270 e. The molecule has 4 N–H and O–H groups in total. The number of carbonyl (C=O) groups is 2. The van der Waals surface area contributed by atoms with Crippen LogP contribution < -0.4 is 21.3 Å². The number of nitrogens with zero attached hydrogens (tertiary/aromatic N) is 5. The van der Waals surface area contributed by atoms with E-state index in [0.29, 0.717) is 38.8 Å². The zero-order valence-electron chi connectivity index (χ0n) is 32.5. The third-order valence-electron chi connectivity index (χ3n) is 10.7. The summed E-state index contributed by atoms with van der Waals surface area (Å²) in [5.74, 6) is -0.710. The summed E-state index contributed by atoms with van der Waals surface area (Å²) in [6.07, 6.45) is 4.34. The Balaban J connectivity index is 1.02. The number of ether oxygens (including phenoxy) is 1. The second-order valence-electron chi connectivity index (χ2n) is 14.7. The van der Waals surface area contributed by atoms with Gasteiger partial charge >= 0.3 is 0 Å². The van der Waals surface area contributed by atoms with E-state index in [-0.39, 0.29) is 35.8 Å². The zero-order valence-corrected chi connectivity index (χ0v) is 32.5. The largest absolute Gasteiger partial charge is 0.381 e. The van der Waals surface area contributed by atoms with Crippen LogP contribution >= 0.6 is 0 Å². The van der Waals surface area contributed by atoms with Gasteiger partial charge in [-0.1, -0.05) is 43.3 Å². The van der Waals surface area contributed by atoms with Gasteiger partial charge in [-0.15, -0.1) is 0 Å². The van der Waals surface area contributed by atoms with Gasteiger partial charge in [0.1, 0.15) is 11.4 Å². The Kier molecular flexibility index (Phi) is 12.1. The minimum Gasteiger partial charge on any atom is -0.381 e. The minimum absolute atomic E-state index is 0.172. The van der Waals surface area contributed by atoms with E-state index in [2.05, 4.69) is 100 Å². The van der Waals surface area contributed by atoms with Crippen LogP contribution in [0.3, 0.4) is 0 Å². The first-order valence-electron chi connectivity index (χ1n) is 19.7. The van der Waals surface area contributed by atoms with Gasteiger partial charge in [0.15, 0.2) is 5.65 Å². The maximum atomic E-state index is 13.6. The lowest BCUT2D eigenvalue weighted by atomic mass is 9.96. The Morgan fingerprint density at radius 2 is 1.69 bits per heavy atom. The summed E-state index contributed by atoms with van der Waals surface area (Å²) >= 11 is 0. The first-order chi connectivity index (χ1) is 26.8. The lowest BCUT2D eigenvalue weighted by Gasteiger charge is -2.31. The lowest BCUT2D eigenvalue weighted by Crippen LogP contribution is -2.48. The molecule has 3 aromatic heterocycles. The van der Waals surface area contributed by atoms with E-state index in [4.69, 9.17) is 9.72 Å². The van der Waals surface area contributed by atoms with Crippen LogP contribution in [0.4, 0.5) is 5.69 Å². The van der Waals surface area contributed by atoms with E-state index in [1.165, 1.54) is 11.1 Å². The molecule has 2 aromatic carbocycles. The molecule has 0 radical (unpaired) electrons. The van der Waals surface area contributed by atoms with Gasteiger partial charge in [0, 0.05) is 82.4 Å². The number of aryl methyl sites for hydroxylation is 3. The van der Waals surface area contributed by atoms with Crippen molar-refractivity contribution in [3.05, 3.63) is 106 Å². The van der Waals surface area contributed by atoms with Crippen molar-refractivity contribution in [1.29, 1.82) is 0 Å². The molecule has 0 saturated carbocycles. The van der Waals surface area contributed by atoms with E-state index in [9.17, 15) is 9.59 Å². The molecule has 2 saturated heterocycles. The van der Waals surface area contributed by atoms with Crippen molar-refractivity contribution in [1.82, 2.24) is 40.6 Å². The number of fused-ring (bicyclic) bond motifs is 1. The molecule has 0 bridgehead atoms. The number of hydrogen-bond donors (Lipinski definition) is 4. The summed E-state index contributed by atoms with van der Waals surface area (Å²) in [6.45, 7) is 15.2. The van der Waals surface area contributed by atoms with Gasteiger partial charge < -0.3 is 26.0 Å². The Hall–Kier alpha value is -5.17. The predicted molar refractivity (Wildman–Crippen MR) is 216 cm³/mol. The number of rotatable bonds is 13. The highest BCUT2D eigenvalue weighted by atomic mass is 16.5. The van der Waals surface area contributed by atoms with Crippen LogP contribution in [0, 0.1) is 6.92 Å². The third kappa shape index (κ3) is 9.04. The number of benzene rings is 2. The van der Waals surface area contributed by atoms with Crippen molar-refractivity contribution in [2.75, 3.05) is 38.2 Å². The molecule has 0 aliphatic carbocycles. The second-order valence-corrected chi connectivity index (χ2v) is 14.7. The number of anilines is 1. The molecule has 2 fully saturated rings. The number of pyridine rings is 2. The highest BCUT2D eigenvalue weighted by Gasteiger charge is 2.23. The van der Waals surface area contributed by atoms with Crippen molar-refractivity contribution in [2.45, 2.75) is 85.2 Å². The Morgan fingerprint density at radius 1 is 0.927 bits per heavy atom. The topological polar surface area (TPSA) is 138 Å². The van der Waals surface area contributed by atoms with Crippen molar-refractivity contribution in [3.63, 3.8) is 0 Å². The molecule has 12 heteroatoms. The Bertz CT molecular complexity index is 2140. The van der Waals surface area contributed by atoms with E-state index < -0.39 is 0 Å². The molecule has 0 spiro atoms. The average molecular weight is 744 g/mol. The summed E-state index contributed by atoms with van der Waals surface area (Å²) in [7, 11) is 0. The number of carbonyl (C=O) groups excluding carboxylic acids is 2. The van der Waals surface area contributed by atoms with E-state index in [0.717, 1.165) is 83.7 Å². The molecule has 12 nitrogen and oxygen atoms in total. The van der Waals surface area contributed by atoms with Gasteiger partial charge in [0.25, 0.3) is 11.8 Å². The predicted octanol–water partition coefficient (Wildman–Crippen LogP) is 5.63. The molecule has 1 atom stereocenters. The van der Waals surface area contributed by atoms with E-state index >= 15 is 0 Å². The maximum absolute atomic E-state index is 13.6. The van der Waals surface area contributed by atoms with Crippen LogP contribution in [-0.4, -0.2) is 81.4 Å². The van der Waals surface area contributed by atoms with Crippen LogP contribution in [0.25, 0.3) is 22.2 Å². The highest BCUT2D eigenvalue weighted by molar-refractivity contribution is 5.97. The second kappa shape index (κ2) is 17.5. The molecule has 5 aromatic rings. The summed E-state index contributed by atoms with van der Waals surface area (Å²) < 4.78 is 7.50. The van der Waals surface area contributed by atoms with Gasteiger partial charge in [-0.05, 0) is 92.1 Å². The number of nitrogens with one attached hydrogen (secondary N) is 4. The Labute approximate surface area is 323 Å². The van der Waals surface area contributed by atoms with Crippen molar-refractivity contribution >= 4 is 28.5 Å². The average Bonchev–Trinajstić information content (AvgIpc) is 3.63. The standard InChI is InChI=1S/C43H53N9O3/c1-5-37-35(40(48-33-15-19-55-20-16-33)36-25-47-52(6-2)41(36)50-37)24-46-43(54)39-12-8-11-38(49-39)42(53)45-23-30-14-13-28(3)34(22-30)32-10-7-9-31(21-32)27-51-18-17-44-29(4)26-51/h7-14,21-22,25,29,33,44H,5-6,15-20,23-24,26-27H2,1-4H3,(H,45,53)(H,46,54)(H,48,50)/t29-/m1/s1. The van der Waals surface area contributed by atoms with Gasteiger partial charge in [-0.25, -0.2) is 14.6 Å². The molecule has 5 heterocycles. The molecule has 2 aliphatic heterocycles. The Morgan fingerprint density at radius 3 is 2.44 bits per heavy atom. The van der Waals surface area contributed by atoms with Crippen LogP contribution in [0.15, 0.2) is 66.9 Å². The van der Waals surface area contributed by atoms with Crippen LogP contribution in [0.5, 0.6) is 0 Å². The lowest BCUT2D eigenvalue weighted by molar-refractivity contribution is 0.0904.